The molecule has 0 spiro atoms. The molecule has 100 valence electrons. The largest absolute Gasteiger partial charge is 0.355 e. The minimum atomic E-state index is 0.515. The Morgan fingerprint density at radius 1 is 1.16 bits per heavy atom. The Labute approximate surface area is 114 Å². The van der Waals surface area contributed by atoms with Crippen molar-refractivity contribution < 1.29 is 0 Å². The molecule has 1 unspecified atom stereocenters. The van der Waals surface area contributed by atoms with Gasteiger partial charge in [-0.05, 0) is 50.9 Å². The quantitative estimate of drug-likeness (QED) is 0.812. The summed E-state index contributed by atoms with van der Waals surface area (Å²) in [5.41, 5.74) is 0.515. The lowest BCUT2D eigenvalue weighted by atomic mass is 10.0. The van der Waals surface area contributed by atoms with Crippen molar-refractivity contribution in [1.82, 2.24) is 9.88 Å². The van der Waals surface area contributed by atoms with Gasteiger partial charge in [-0.25, -0.2) is 4.98 Å². The minimum absolute atomic E-state index is 0.515. The summed E-state index contributed by atoms with van der Waals surface area (Å²) in [4.78, 5) is 9.39. The number of likely N-dealkylation sites (tertiary alicyclic amines) is 1. The molecule has 4 nitrogen and oxygen atoms in total. The van der Waals surface area contributed by atoms with Crippen molar-refractivity contribution in [3.63, 3.8) is 0 Å². The number of nitriles is 1. The number of hydrogen-bond donors (Lipinski definition) is 0. The molecule has 1 aromatic heterocycles. The van der Waals surface area contributed by atoms with Gasteiger partial charge in [0.05, 0.1) is 0 Å². The van der Waals surface area contributed by atoms with Crippen LogP contribution in [0.15, 0.2) is 18.2 Å². The average Bonchev–Trinajstić information content (AvgIpc) is 3.02. The molecule has 4 heteroatoms. The topological polar surface area (TPSA) is 43.2 Å². The van der Waals surface area contributed by atoms with E-state index >= 15 is 0 Å². The fourth-order valence-electron chi connectivity index (χ4n) is 3.23. The molecule has 0 saturated carbocycles. The van der Waals surface area contributed by atoms with E-state index in [2.05, 4.69) is 20.9 Å². The molecular weight excluding hydrogens is 236 g/mol. The second-order valence-electron chi connectivity index (χ2n) is 5.48. The number of anilines is 1. The Kier molecular flexibility index (Phi) is 3.65. The number of pyridine rings is 1. The zero-order valence-corrected chi connectivity index (χ0v) is 11.3. The number of piperidine rings is 1. The number of rotatable bonds is 2. The Morgan fingerprint density at radius 2 is 2.00 bits per heavy atom. The first-order chi connectivity index (χ1) is 9.36. The van der Waals surface area contributed by atoms with Gasteiger partial charge in [-0.1, -0.05) is 6.07 Å². The summed E-state index contributed by atoms with van der Waals surface area (Å²) < 4.78 is 0. The average molecular weight is 256 g/mol. The Bertz CT molecular complexity index is 473. The normalized spacial score (nSPS) is 24.4. The molecule has 0 aliphatic carbocycles. The van der Waals surface area contributed by atoms with Crippen LogP contribution in [0.1, 0.15) is 31.4 Å². The summed E-state index contributed by atoms with van der Waals surface area (Å²) in [5.74, 6) is 0.961. The van der Waals surface area contributed by atoms with Gasteiger partial charge in [-0.15, -0.1) is 0 Å². The molecule has 0 N–H and O–H groups in total. The highest BCUT2D eigenvalue weighted by Crippen LogP contribution is 2.23. The highest BCUT2D eigenvalue weighted by Gasteiger charge is 2.27. The fraction of sp³-hybridized carbons (Fsp3) is 0.600. The summed E-state index contributed by atoms with van der Waals surface area (Å²) in [5, 5.41) is 8.95. The summed E-state index contributed by atoms with van der Waals surface area (Å²) in [6.45, 7) is 4.63. The molecule has 3 rings (SSSR count). The van der Waals surface area contributed by atoms with Gasteiger partial charge in [0.1, 0.15) is 17.6 Å². The summed E-state index contributed by atoms with van der Waals surface area (Å²) in [6.07, 6.45) is 5.21. The van der Waals surface area contributed by atoms with Gasteiger partial charge in [0.15, 0.2) is 0 Å². The second-order valence-corrected chi connectivity index (χ2v) is 5.48. The van der Waals surface area contributed by atoms with Gasteiger partial charge in [0.25, 0.3) is 0 Å². The minimum Gasteiger partial charge on any atom is -0.355 e. The number of hydrogen-bond acceptors (Lipinski definition) is 4. The molecule has 2 aliphatic heterocycles. The lowest BCUT2D eigenvalue weighted by molar-refractivity contribution is 0.215. The summed E-state index contributed by atoms with van der Waals surface area (Å²) >= 11 is 0. The summed E-state index contributed by atoms with van der Waals surface area (Å²) in [7, 11) is 0. The third-order valence-electron chi connectivity index (χ3n) is 4.23. The van der Waals surface area contributed by atoms with E-state index in [1.165, 1.54) is 38.8 Å². The van der Waals surface area contributed by atoms with Crippen molar-refractivity contribution in [3.05, 3.63) is 23.9 Å². The molecule has 19 heavy (non-hydrogen) atoms. The Morgan fingerprint density at radius 3 is 2.79 bits per heavy atom. The van der Waals surface area contributed by atoms with E-state index in [-0.39, 0.29) is 0 Å². The zero-order chi connectivity index (χ0) is 13.1. The fourth-order valence-corrected chi connectivity index (χ4v) is 3.23. The van der Waals surface area contributed by atoms with Gasteiger partial charge in [-0.3, -0.25) is 4.90 Å². The number of nitrogens with zero attached hydrogens (tertiary/aromatic N) is 4. The first-order valence-electron chi connectivity index (χ1n) is 7.23. The molecule has 0 aromatic carbocycles. The maximum atomic E-state index is 8.95. The monoisotopic (exact) mass is 256 g/mol. The van der Waals surface area contributed by atoms with Crippen LogP contribution in [0.2, 0.25) is 0 Å². The molecule has 2 saturated heterocycles. The van der Waals surface area contributed by atoms with Crippen molar-refractivity contribution in [3.8, 4) is 6.07 Å². The maximum Gasteiger partial charge on any atom is 0.142 e. The molecular formula is C15H20N4. The van der Waals surface area contributed by atoms with Gasteiger partial charge in [0.2, 0.25) is 0 Å². The SMILES string of the molecule is N#Cc1cccc(N2CCCC(N3CCCC3)C2)n1. The van der Waals surface area contributed by atoms with E-state index < -0.39 is 0 Å². The van der Waals surface area contributed by atoms with Crippen LogP contribution in [0.25, 0.3) is 0 Å². The highest BCUT2D eigenvalue weighted by atomic mass is 15.3. The zero-order valence-electron chi connectivity index (χ0n) is 11.3. The molecule has 0 amide bonds. The molecule has 1 aromatic rings. The third-order valence-corrected chi connectivity index (χ3v) is 4.23. The molecule has 2 aliphatic rings. The number of aromatic nitrogens is 1. The lowest BCUT2D eigenvalue weighted by Crippen LogP contribution is -2.47. The third kappa shape index (κ3) is 2.71. The standard InChI is InChI=1S/C15H20N4/c16-11-13-5-3-7-15(17-13)19-10-4-6-14(12-19)18-8-1-2-9-18/h3,5,7,14H,1-2,4,6,8-10,12H2. The highest BCUT2D eigenvalue weighted by molar-refractivity contribution is 5.42. The molecule has 2 fully saturated rings. The predicted molar refractivity (Wildman–Crippen MR) is 75.0 cm³/mol. The van der Waals surface area contributed by atoms with Crippen LogP contribution in [-0.4, -0.2) is 42.1 Å². The van der Waals surface area contributed by atoms with E-state index in [9.17, 15) is 0 Å². The first-order valence-corrected chi connectivity index (χ1v) is 7.23. The molecule has 1 atom stereocenters. The van der Waals surface area contributed by atoms with Gasteiger partial charge >= 0.3 is 0 Å². The lowest BCUT2D eigenvalue weighted by Gasteiger charge is -2.38. The van der Waals surface area contributed by atoms with E-state index in [1.54, 1.807) is 6.07 Å². The van der Waals surface area contributed by atoms with Crippen LogP contribution in [0.5, 0.6) is 0 Å². The van der Waals surface area contributed by atoms with Crippen LogP contribution < -0.4 is 4.90 Å². The maximum absolute atomic E-state index is 8.95. The van der Waals surface area contributed by atoms with Crippen LogP contribution in [0.4, 0.5) is 5.82 Å². The Balaban J connectivity index is 1.72. The van der Waals surface area contributed by atoms with E-state index in [0.29, 0.717) is 11.7 Å². The van der Waals surface area contributed by atoms with Crippen molar-refractivity contribution in [1.29, 1.82) is 5.26 Å². The molecule has 0 bridgehead atoms. The second kappa shape index (κ2) is 5.58. The van der Waals surface area contributed by atoms with E-state index in [4.69, 9.17) is 5.26 Å². The van der Waals surface area contributed by atoms with Crippen molar-refractivity contribution in [2.45, 2.75) is 31.7 Å². The Hall–Kier alpha value is -1.60. The van der Waals surface area contributed by atoms with Crippen molar-refractivity contribution in [2.75, 3.05) is 31.1 Å². The summed E-state index contributed by atoms with van der Waals surface area (Å²) in [6, 6.07) is 8.52. The van der Waals surface area contributed by atoms with Crippen LogP contribution >= 0.6 is 0 Å². The van der Waals surface area contributed by atoms with Crippen LogP contribution in [-0.2, 0) is 0 Å². The first kappa shape index (κ1) is 12.4. The van der Waals surface area contributed by atoms with Crippen LogP contribution in [0, 0.1) is 11.3 Å². The van der Waals surface area contributed by atoms with Gasteiger partial charge in [-0.2, -0.15) is 5.26 Å². The van der Waals surface area contributed by atoms with Crippen molar-refractivity contribution >= 4 is 5.82 Å². The van der Waals surface area contributed by atoms with Crippen molar-refractivity contribution in [2.24, 2.45) is 0 Å². The van der Waals surface area contributed by atoms with Gasteiger partial charge in [0, 0.05) is 19.1 Å². The van der Waals surface area contributed by atoms with E-state index in [1.807, 2.05) is 12.1 Å². The van der Waals surface area contributed by atoms with Gasteiger partial charge < -0.3 is 4.90 Å². The molecule has 0 radical (unpaired) electrons. The predicted octanol–water partition coefficient (Wildman–Crippen LogP) is 2.02. The smallest absolute Gasteiger partial charge is 0.142 e. The van der Waals surface area contributed by atoms with Crippen LogP contribution in [0.3, 0.4) is 0 Å². The molecule has 3 heterocycles. The van der Waals surface area contributed by atoms with E-state index in [0.717, 1.165) is 18.9 Å².